The monoisotopic (exact) mass is 218 g/mol. The van der Waals surface area contributed by atoms with Gasteiger partial charge in [-0.1, -0.05) is 0 Å². The lowest BCUT2D eigenvalue weighted by molar-refractivity contribution is -0.212. The first kappa shape index (κ1) is 11.9. The first-order valence-electron chi connectivity index (χ1n) is 4.63. The van der Waals surface area contributed by atoms with E-state index >= 15 is 0 Å². The molecule has 1 saturated heterocycles. The van der Waals surface area contributed by atoms with E-state index in [2.05, 4.69) is 0 Å². The molecule has 1 heterocycles. The fourth-order valence-electron chi connectivity index (χ4n) is 1.38. The van der Waals surface area contributed by atoms with Crippen LogP contribution in [0.3, 0.4) is 0 Å². The molecule has 3 unspecified atom stereocenters. The average molecular weight is 218 g/mol. The van der Waals surface area contributed by atoms with Crippen LogP contribution in [0, 0.1) is 5.92 Å². The van der Waals surface area contributed by atoms with Gasteiger partial charge >= 0.3 is 11.9 Å². The summed E-state index contributed by atoms with van der Waals surface area (Å²) in [7, 11) is 0. The van der Waals surface area contributed by atoms with Crippen molar-refractivity contribution in [3.8, 4) is 0 Å². The zero-order valence-corrected chi connectivity index (χ0v) is 8.63. The highest BCUT2D eigenvalue weighted by molar-refractivity contribution is 5.66. The van der Waals surface area contributed by atoms with Gasteiger partial charge in [0.15, 0.2) is 0 Å². The van der Waals surface area contributed by atoms with Crippen LogP contribution < -0.4 is 0 Å². The van der Waals surface area contributed by atoms with Gasteiger partial charge in [0.2, 0.25) is 12.6 Å². The second-order valence-corrected chi connectivity index (χ2v) is 3.33. The summed E-state index contributed by atoms with van der Waals surface area (Å²) in [4.78, 5) is 21.3. The molecule has 1 rings (SSSR count). The van der Waals surface area contributed by atoms with E-state index in [1.54, 1.807) is 0 Å². The number of ether oxygens (including phenoxy) is 3. The summed E-state index contributed by atoms with van der Waals surface area (Å²) in [5.74, 6) is -1.32. The Morgan fingerprint density at radius 2 is 1.93 bits per heavy atom. The Bertz CT molecular complexity index is 251. The molecular formula is C9H14O6. The maximum atomic E-state index is 10.7. The van der Waals surface area contributed by atoms with Crippen molar-refractivity contribution in [2.45, 2.75) is 32.8 Å². The third kappa shape index (κ3) is 3.49. The molecular weight excluding hydrogens is 204 g/mol. The quantitative estimate of drug-likeness (QED) is 0.660. The molecule has 0 radical (unpaired) electrons. The molecule has 0 aromatic heterocycles. The molecule has 1 fully saturated rings. The molecule has 6 nitrogen and oxygen atoms in total. The molecule has 0 bridgehead atoms. The summed E-state index contributed by atoms with van der Waals surface area (Å²) in [6.45, 7) is 2.32. The van der Waals surface area contributed by atoms with E-state index in [1.165, 1.54) is 13.8 Å². The van der Waals surface area contributed by atoms with Crippen LogP contribution in [0.25, 0.3) is 0 Å². The van der Waals surface area contributed by atoms with Crippen LogP contribution in [0.4, 0.5) is 0 Å². The van der Waals surface area contributed by atoms with Gasteiger partial charge in [-0.15, -0.1) is 0 Å². The Labute approximate surface area is 87.1 Å². The Balaban J connectivity index is 2.50. The lowest BCUT2D eigenvalue weighted by Gasteiger charge is -2.15. The van der Waals surface area contributed by atoms with Crippen molar-refractivity contribution >= 4 is 11.9 Å². The van der Waals surface area contributed by atoms with Crippen LogP contribution in [0.2, 0.25) is 0 Å². The number of esters is 2. The summed E-state index contributed by atoms with van der Waals surface area (Å²) in [6, 6.07) is 0. The third-order valence-electron chi connectivity index (χ3n) is 1.98. The predicted molar refractivity (Wildman–Crippen MR) is 47.4 cm³/mol. The molecule has 0 saturated carbocycles. The van der Waals surface area contributed by atoms with Crippen molar-refractivity contribution in [3.63, 3.8) is 0 Å². The van der Waals surface area contributed by atoms with E-state index in [9.17, 15) is 9.59 Å². The largest absolute Gasteiger partial charge is 0.436 e. The molecule has 0 spiro atoms. The van der Waals surface area contributed by atoms with Crippen molar-refractivity contribution in [1.29, 1.82) is 0 Å². The SMILES string of the molecule is CC(=O)OC1CC(CO)C(OC(C)=O)O1. The maximum Gasteiger partial charge on any atom is 0.304 e. The van der Waals surface area contributed by atoms with Crippen molar-refractivity contribution in [1.82, 2.24) is 0 Å². The first-order valence-corrected chi connectivity index (χ1v) is 4.63. The van der Waals surface area contributed by atoms with Gasteiger partial charge in [0.25, 0.3) is 0 Å². The van der Waals surface area contributed by atoms with Crippen LogP contribution in [0.15, 0.2) is 0 Å². The van der Waals surface area contributed by atoms with E-state index in [1.807, 2.05) is 0 Å². The van der Waals surface area contributed by atoms with E-state index in [0.29, 0.717) is 6.42 Å². The minimum atomic E-state index is -0.836. The summed E-state index contributed by atoms with van der Waals surface area (Å²) in [5, 5.41) is 8.99. The topological polar surface area (TPSA) is 82.1 Å². The van der Waals surface area contributed by atoms with Crippen LogP contribution in [0.1, 0.15) is 20.3 Å². The van der Waals surface area contributed by atoms with Gasteiger partial charge in [0.1, 0.15) is 0 Å². The second-order valence-electron chi connectivity index (χ2n) is 3.33. The summed E-state index contributed by atoms with van der Waals surface area (Å²) >= 11 is 0. The number of carbonyl (C=O) groups excluding carboxylic acids is 2. The van der Waals surface area contributed by atoms with Crippen molar-refractivity contribution in [3.05, 3.63) is 0 Å². The molecule has 1 N–H and O–H groups in total. The van der Waals surface area contributed by atoms with Crippen LogP contribution >= 0.6 is 0 Å². The predicted octanol–water partition coefficient (Wildman–Crippen LogP) is -0.206. The molecule has 1 aliphatic rings. The molecule has 1 aliphatic heterocycles. The van der Waals surface area contributed by atoms with Gasteiger partial charge in [0, 0.05) is 20.3 Å². The Morgan fingerprint density at radius 3 is 2.40 bits per heavy atom. The zero-order valence-electron chi connectivity index (χ0n) is 8.63. The molecule has 6 heteroatoms. The molecule has 0 aromatic rings. The smallest absolute Gasteiger partial charge is 0.304 e. The highest BCUT2D eigenvalue weighted by Gasteiger charge is 2.38. The fourth-order valence-corrected chi connectivity index (χ4v) is 1.38. The average Bonchev–Trinajstić information content (AvgIpc) is 2.45. The number of aliphatic hydroxyl groups excluding tert-OH is 1. The van der Waals surface area contributed by atoms with Gasteiger partial charge in [-0.3, -0.25) is 9.59 Å². The Morgan fingerprint density at radius 1 is 1.33 bits per heavy atom. The second kappa shape index (κ2) is 5.09. The number of rotatable bonds is 3. The highest BCUT2D eigenvalue weighted by atomic mass is 16.8. The summed E-state index contributed by atoms with van der Waals surface area (Å²) < 4.78 is 14.7. The first-order chi connectivity index (χ1) is 7.02. The fraction of sp³-hybridized carbons (Fsp3) is 0.778. The lowest BCUT2D eigenvalue weighted by Crippen LogP contribution is -2.25. The van der Waals surface area contributed by atoms with Crippen molar-refractivity contribution in [2.24, 2.45) is 5.92 Å². The summed E-state index contributed by atoms with van der Waals surface area (Å²) in [5.41, 5.74) is 0. The van der Waals surface area contributed by atoms with Gasteiger partial charge in [-0.05, 0) is 0 Å². The Kier molecular flexibility index (Phi) is 4.05. The van der Waals surface area contributed by atoms with Crippen molar-refractivity contribution < 1.29 is 28.9 Å². The molecule has 3 atom stereocenters. The lowest BCUT2D eigenvalue weighted by atomic mass is 10.1. The van der Waals surface area contributed by atoms with Gasteiger partial charge < -0.3 is 19.3 Å². The van der Waals surface area contributed by atoms with Crippen molar-refractivity contribution in [2.75, 3.05) is 6.61 Å². The van der Waals surface area contributed by atoms with Crippen LogP contribution in [-0.2, 0) is 23.8 Å². The van der Waals surface area contributed by atoms with E-state index in [0.717, 1.165) is 0 Å². The van der Waals surface area contributed by atoms with E-state index in [4.69, 9.17) is 19.3 Å². The Hall–Kier alpha value is -1.14. The standard InChI is InChI=1S/C9H14O6/c1-5(11)13-8-3-7(4-10)9(15-8)14-6(2)12/h7-10H,3-4H2,1-2H3. The minimum absolute atomic E-state index is 0.185. The normalized spacial score (nSPS) is 29.9. The maximum absolute atomic E-state index is 10.7. The van der Waals surface area contributed by atoms with Gasteiger partial charge in [-0.2, -0.15) is 0 Å². The molecule has 0 aromatic carbocycles. The van der Waals surface area contributed by atoms with E-state index in [-0.39, 0.29) is 12.5 Å². The number of hydrogen-bond acceptors (Lipinski definition) is 6. The minimum Gasteiger partial charge on any atom is -0.436 e. The van der Waals surface area contributed by atoms with E-state index < -0.39 is 24.5 Å². The third-order valence-corrected chi connectivity index (χ3v) is 1.98. The van der Waals surface area contributed by atoms with Gasteiger partial charge in [-0.25, -0.2) is 0 Å². The highest BCUT2D eigenvalue weighted by Crippen LogP contribution is 2.27. The number of carbonyl (C=O) groups is 2. The number of hydrogen-bond donors (Lipinski definition) is 1. The molecule has 0 aliphatic carbocycles. The van der Waals surface area contributed by atoms with Crippen LogP contribution in [-0.4, -0.2) is 36.2 Å². The molecule has 15 heavy (non-hydrogen) atoms. The zero-order chi connectivity index (χ0) is 11.4. The summed E-state index contributed by atoms with van der Waals surface area (Å²) in [6.07, 6.45) is -1.26. The molecule has 86 valence electrons. The van der Waals surface area contributed by atoms with Crippen LogP contribution in [0.5, 0.6) is 0 Å². The van der Waals surface area contributed by atoms with Gasteiger partial charge in [0.05, 0.1) is 12.5 Å². The molecule has 0 amide bonds. The number of aliphatic hydroxyl groups is 1.